The number of aliphatic carboxylic acids is 1. The molecule has 1 aliphatic heterocycles. The summed E-state index contributed by atoms with van der Waals surface area (Å²) in [4.78, 5) is 39.3. The summed E-state index contributed by atoms with van der Waals surface area (Å²) in [5.41, 5.74) is 3.35. The molecule has 2 N–H and O–H groups in total. The number of hydrogen-bond donors (Lipinski definition) is 2. The fourth-order valence-electron chi connectivity index (χ4n) is 5.06. The lowest BCUT2D eigenvalue weighted by Gasteiger charge is -2.41. The number of benzene rings is 2. The number of carboxylic acid groups (broad SMARTS) is 1. The summed E-state index contributed by atoms with van der Waals surface area (Å²) in [6.45, 7) is 5.73. The monoisotopic (exact) mass is 464 g/mol. The van der Waals surface area contributed by atoms with Crippen molar-refractivity contribution in [1.29, 1.82) is 0 Å². The Balaban J connectivity index is 1.44. The van der Waals surface area contributed by atoms with Gasteiger partial charge < -0.3 is 20.1 Å². The van der Waals surface area contributed by atoms with Gasteiger partial charge in [0.25, 0.3) is 0 Å². The number of ether oxygens (including phenoxy) is 1. The molecule has 1 heterocycles. The summed E-state index contributed by atoms with van der Waals surface area (Å²) in [6.07, 6.45) is 0.867. The van der Waals surface area contributed by atoms with Gasteiger partial charge in [-0.2, -0.15) is 0 Å². The number of hydrogen-bond acceptors (Lipinski definition) is 4. The van der Waals surface area contributed by atoms with Crippen LogP contribution < -0.4 is 5.32 Å². The zero-order valence-electron chi connectivity index (χ0n) is 19.9. The molecule has 2 amide bonds. The van der Waals surface area contributed by atoms with E-state index in [0.29, 0.717) is 19.3 Å². The van der Waals surface area contributed by atoms with Gasteiger partial charge in [0.15, 0.2) is 0 Å². The van der Waals surface area contributed by atoms with E-state index in [1.807, 2.05) is 38.1 Å². The third-order valence-electron chi connectivity index (χ3n) is 7.39. The molecule has 34 heavy (non-hydrogen) atoms. The summed E-state index contributed by atoms with van der Waals surface area (Å²) in [6, 6.07) is 16.1. The topological polar surface area (TPSA) is 95.9 Å². The van der Waals surface area contributed by atoms with Crippen molar-refractivity contribution in [2.45, 2.75) is 57.5 Å². The molecule has 2 aromatic carbocycles. The van der Waals surface area contributed by atoms with E-state index in [2.05, 4.69) is 29.6 Å². The molecular weight excluding hydrogens is 432 g/mol. The lowest BCUT2D eigenvalue weighted by atomic mass is 9.89. The van der Waals surface area contributed by atoms with Gasteiger partial charge in [-0.25, -0.2) is 4.79 Å². The third-order valence-corrected chi connectivity index (χ3v) is 7.39. The number of nitrogens with zero attached hydrogens (tertiary/aromatic N) is 1. The smallest absolute Gasteiger partial charge is 0.408 e. The van der Waals surface area contributed by atoms with Crippen molar-refractivity contribution >= 4 is 18.0 Å². The highest BCUT2D eigenvalue weighted by Crippen LogP contribution is 2.44. The molecule has 3 atom stereocenters. The summed E-state index contributed by atoms with van der Waals surface area (Å²) in [5.74, 6) is -1.83. The molecule has 0 aromatic heterocycles. The summed E-state index contributed by atoms with van der Waals surface area (Å²) >= 11 is 0. The van der Waals surface area contributed by atoms with E-state index in [-0.39, 0.29) is 31.0 Å². The first-order valence-electron chi connectivity index (χ1n) is 11.9. The molecule has 1 aliphatic carbocycles. The Hall–Kier alpha value is -3.35. The fourth-order valence-corrected chi connectivity index (χ4v) is 5.06. The minimum Gasteiger partial charge on any atom is -0.481 e. The molecule has 0 bridgehead atoms. The van der Waals surface area contributed by atoms with Crippen LogP contribution >= 0.6 is 0 Å². The normalized spacial score (nSPS) is 21.2. The SMILES string of the molecule is CCC(C)(NC(=O)OCC1c2ccccc2-c2ccccc21)C(=O)N1CC(C(=O)O)CCC1C. The van der Waals surface area contributed by atoms with Crippen LogP contribution in [0.1, 0.15) is 57.1 Å². The van der Waals surface area contributed by atoms with Gasteiger partial charge in [0.05, 0.1) is 5.92 Å². The Morgan fingerprint density at radius 1 is 1.06 bits per heavy atom. The van der Waals surface area contributed by atoms with Crippen LogP contribution in [0.4, 0.5) is 4.79 Å². The van der Waals surface area contributed by atoms with E-state index in [0.717, 1.165) is 22.3 Å². The average molecular weight is 465 g/mol. The highest BCUT2D eigenvalue weighted by atomic mass is 16.5. The van der Waals surface area contributed by atoms with E-state index in [1.54, 1.807) is 11.8 Å². The Kier molecular flexibility index (Phi) is 6.64. The van der Waals surface area contributed by atoms with Crippen LogP contribution in [0.15, 0.2) is 48.5 Å². The second kappa shape index (κ2) is 9.49. The maximum absolute atomic E-state index is 13.4. The Bertz CT molecular complexity index is 1050. The lowest BCUT2D eigenvalue weighted by Crippen LogP contribution is -2.61. The number of alkyl carbamates (subject to hydrolysis) is 1. The van der Waals surface area contributed by atoms with Crippen molar-refractivity contribution in [2.24, 2.45) is 5.92 Å². The maximum atomic E-state index is 13.4. The summed E-state index contributed by atoms with van der Waals surface area (Å²) in [5, 5.41) is 12.2. The second-order valence-corrected chi connectivity index (χ2v) is 9.56. The number of nitrogens with one attached hydrogen (secondary N) is 1. The van der Waals surface area contributed by atoms with Gasteiger partial charge in [0.2, 0.25) is 5.91 Å². The van der Waals surface area contributed by atoms with Crippen LogP contribution in [0.3, 0.4) is 0 Å². The largest absolute Gasteiger partial charge is 0.481 e. The van der Waals surface area contributed by atoms with E-state index in [9.17, 15) is 19.5 Å². The van der Waals surface area contributed by atoms with Gasteiger partial charge in [-0.15, -0.1) is 0 Å². The number of fused-ring (bicyclic) bond motifs is 3. The van der Waals surface area contributed by atoms with Crippen LogP contribution in [0, 0.1) is 5.92 Å². The minimum atomic E-state index is -1.18. The van der Waals surface area contributed by atoms with Gasteiger partial charge >= 0.3 is 12.1 Å². The first kappa shape index (κ1) is 23.8. The molecule has 4 rings (SSSR count). The highest BCUT2D eigenvalue weighted by molar-refractivity contribution is 5.90. The van der Waals surface area contributed by atoms with Gasteiger partial charge in [-0.3, -0.25) is 9.59 Å². The molecular formula is C27H32N2O5. The second-order valence-electron chi connectivity index (χ2n) is 9.56. The van der Waals surface area contributed by atoms with Crippen molar-refractivity contribution in [2.75, 3.05) is 13.2 Å². The number of carbonyl (C=O) groups is 3. The Morgan fingerprint density at radius 3 is 2.21 bits per heavy atom. The Labute approximate surface area is 200 Å². The molecule has 2 aromatic rings. The van der Waals surface area contributed by atoms with Crippen molar-refractivity contribution in [3.05, 3.63) is 59.7 Å². The van der Waals surface area contributed by atoms with Gasteiger partial charge in [-0.05, 0) is 55.4 Å². The molecule has 0 saturated carbocycles. The zero-order valence-corrected chi connectivity index (χ0v) is 19.9. The average Bonchev–Trinajstić information content (AvgIpc) is 3.16. The van der Waals surface area contributed by atoms with Crippen molar-refractivity contribution < 1.29 is 24.2 Å². The maximum Gasteiger partial charge on any atom is 0.408 e. The standard InChI is InChI=1S/C27H32N2O5/c1-4-27(3,25(32)29-15-18(24(30)31)14-13-17(29)2)28-26(33)34-16-23-21-11-7-5-9-19(21)20-10-6-8-12-22(20)23/h5-12,17-18,23H,4,13-16H2,1-3H3,(H,28,33)(H,30,31). The van der Waals surface area contributed by atoms with Gasteiger partial charge in [0, 0.05) is 18.5 Å². The first-order valence-corrected chi connectivity index (χ1v) is 11.9. The van der Waals surface area contributed by atoms with E-state index >= 15 is 0 Å². The van der Waals surface area contributed by atoms with Gasteiger partial charge in [-0.1, -0.05) is 55.5 Å². The fraction of sp³-hybridized carbons (Fsp3) is 0.444. The Morgan fingerprint density at radius 2 is 1.65 bits per heavy atom. The first-order chi connectivity index (χ1) is 16.2. The van der Waals surface area contributed by atoms with E-state index in [4.69, 9.17) is 4.74 Å². The number of carboxylic acids is 1. The highest BCUT2D eigenvalue weighted by Gasteiger charge is 2.42. The van der Waals surface area contributed by atoms with Crippen molar-refractivity contribution in [3.63, 3.8) is 0 Å². The quantitative estimate of drug-likeness (QED) is 0.660. The minimum absolute atomic E-state index is 0.0693. The predicted octanol–water partition coefficient (Wildman–Crippen LogP) is 4.41. The molecule has 0 radical (unpaired) electrons. The molecule has 0 spiro atoms. The third kappa shape index (κ3) is 4.39. The molecule has 3 unspecified atom stereocenters. The van der Waals surface area contributed by atoms with Crippen molar-refractivity contribution in [3.8, 4) is 11.1 Å². The van der Waals surface area contributed by atoms with Crippen LogP contribution in [-0.4, -0.2) is 52.7 Å². The molecule has 2 aliphatic rings. The van der Waals surface area contributed by atoms with E-state index in [1.165, 1.54) is 0 Å². The number of carbonyl (C=O) groups excluding carboxylic acids is 2. The lowest BCUT2D eigenvalue weighted by molar-refractivity contribution is -0.149. The molecule has 180 valence electrons. The number of rotatable bonds is 6. The predicted molar refractivity (Wildman–Crippen MR) is 128 cm³/mol. The summed E-state index contributed by atoms with van der Waals surface area (Å²) in [7, 11) is 0. The number of piperidine rings is 1. The zero-order chi connectivity index (χ0) is 24.5. The number of likely N-dealkylation sites (tertiary alicyclic amines) is 1. The summed E-state index contributed by atoms with van der Waals surface area (Å²) < 4.78 is 5.65. The van der Waals surface area contributed by atoms with Crippen LogP contribution in [-0.2, 0) is 14.3 Å². The van der Waals surface area contributed by atoms with Gasteiger partial charge in [0.1, 0.15) is 12.1 Å². The van der Waals surface area contributed by atoms with E-state index < -0.39 is 23.5 Å². The van der Waals surface area contributed by atoms with Crippen LogP contribution in [0.25, 0.3) is 11.1 Å². The molecule has 7 heteroatoms. The van der Waals surface area contributed by atoms with Crippen LogP contribution in [0.5, 0.6) is 0 Å². The molecule has 7 nitrogen and oxygen atoms in total. The number of amides is 2. The van der Waals surface area contributed by atoms with Crippen LogP contribution in [0.2, 0.25) is 0 Å². The molecule has 1 saturated heterocycles. The molecule has 1 fully saturated rings. The van der Waals surface area contributed by atoms with Crippen molar-refractivity contribution in [1.82, 2.24) is 10.2 Å².